The lowest BCUT2D eigenvalue weighted by atomic mass is 10.2. The van der Waals surface area contributed by atoms with Gasteiger partial charge < -0.3 is 14.3 Å². The Bertz CT molecular complexity index is 560. The average molecular weight is 292 g/mol. The second-order valence-corrected chi connectivity index (χ2v) is 5.36. The number of carbonyl (C=O) groups is 1. The average Bonchev–Trinajstić information content (AvgIpc) is 2.84. The van der Waals surface area contributed by atoms with Gasteiger partial charge in [-0.3, -0.25) is 0 Å². The third-order valence-corrected chi connectivity index (χ3v) is 3.95. The van der Waals surface area contributed by atoms with Gasteiger partial charge in [-0.1, -0.05) is 0 Å². The van der Waals surface area contributed by atoms with Crippen molar-refractivity contribution in [1.82, 2.24) is 0 Å². The standard InChI is InChI=1S/C15H16O4S/c1-11-14(7-9-18-11)20-10-2-8-19-13-5-3-12(4-6-13)15(16)17/h3-7,9H,2,8,10H2,1H3,(H,16,17). The topological polar surface area (TPSA) is 59.7 Å². The van der Waals surface area contributed by atoms with Crippen LogP contribution in [0.1, 0.15) is 22.5 Å². The van der Waals surface area contributed by atoms with Crippen molar-refractivity contribution in [2.24, 2.45) is 0 Å². The smallest absolute Gasteiger partial charge is 0.335 e. The van der Waals surface area contributed by atoms with E-state index in [4.69, 9.17) is 14.3 Å². The van der Waals surface area contributed by atoms with Crippen LogP contribution in [-0.2, 0) is 0 Å². The summed E-state index contributed by atoms with van der Waals surface area (Å²) in [5.41, 5.74) is 0.267. The number of aromatic carboxylic acids is 1. The number of hydrogen-bond donors (Lipinski definition) is 1. The third kappa shape index (κ3) is 4.06. The summed E-state index contributed by atoms with van der Waals surface area (Å²) in [6.07, 6.45) is 2.61. The van der Waals surface area contributed by atoms with Crippen molar-refractivity contribution in [2.75, 3.05) is 12.4 Å². The van der Waals surface area contributed by atoms with E-state index in [-0.39, 0.29) is 5.56 Å². The van der Waals surface area contributed by atoms with E-state index in [2.05, 4.69) is 0 Å². The minimum absolute atomic E-state index is 0.267. The number of furan rings is 1. The number of ether oxygens (including phenoxy) is 1. The van der Waals surface area contributed by atoms with Crippen LogP contribution in [0.3, 0.4) is 0 Å². The Kier molecular flexibility index (Phi) is 5.12. The van der Waals surface area contributed by atoms with Crippen molar-refractivity contribution in [1.29, 1.82) is 0 Å². The summed E-state index contributed by atoms with van der Waals surface area (Å²) >= 11 is 1.74. The zero-order valence-electron chi connectivity index (χ0n) is 11.2. The van der Waals surface area contributed by atoms with Gasteiger partial charge in [-0.15, -0.1) is 11.8 Å². The molecule has 106 valence electrons. The first kappa shape index (κ1) is 14.5. The number of hydrogen-bond acceptors (Lipinski definition) is 4. The SMILES string of the molecule is Cc1occc1SCCCOc1ccc(C(=O)O)cc1. The number of carboxylic acids is 1. The summed E-state index contributed by atoms with van der Waals surface area (Å²) in [5.74, 6) is 1.66. The number of benzene rings is 1. The first-order valence-corrected chi connectivity index (χ1v) is 7.28. The van der Waals surface area contributed by atoms with Crippen molar-refractivity contribution in [3.05, 3.63) is 47.9 Å². The Hall–Kier alpha value is -1.88. The first-order valence-electron chi connectivity index (χ1n) is 6.30. The molecule has 0 amide bonds. The highest BCUT2D eigenvalue weighted by Gasteiger charge is 2.03. The van der Waals surface area contributed by atoms with Gasteiger partial charge in [0.25, 0.3) is 0 Å². The van der Waals surface area contributed by atoms with Crippen LogP contribution in [0.15, 0.2) is 45.9 Å². The molecule has 1 aromatic heterocycles. The third-order valence-electron chi connectivity index (χ3n) is 2.73. The molecule has 0 spiro atoms. The Balaban J connectivity index is 1.68. The lowest BCUT2D eigenvalue weighted by molar-refractivity contribution is 0.0697. The van der Waals surface area contributed by atoms with Crippen LogP contribution in [-0.4, -0.2) is 23.4 Å². The fourth-order valence-corrected chi connectivity index (χ4v) is 2.53. The van der Waals surface area contributed by atoms with Gasteiger partial charge in [-0.05, 0) is 43.7 Å². The summed E-state index contributed by atoms with van der Waals surface area (Å²) < 4.78 is 10.8. The van der Waals surface area contributed by atoms with Gasteiger partial charge in [-0.2, -0.15) is 0 Å². The molecule has 0 fully saturated rings. The fraction of sp³-hybridized carbons (Fsp3) is 0.267. The van der Waals surface area contributed by atoms with Gasteiger partial charge in [0.1, 0.15) is 11.5 Å². The molecular formula is C15H16O4S. The van der Waals surface area contributed by atoms with Gasteiger partial charge in [0, 0.05) is 10.6 Å². The van der Waals surface area contributed by atoms with E-state index >= 15 is 0 Å². The molecule has 0 radical (unpaired) electrons. The van der Waals surface area contributed by atoms with E-state index in [9.17, 15) is 4.79 Å². The molecule has 2 aromatic rings. The second kappa shape index (κ2) is 7.05. The molecule has 20 heavy (non-hydrogen) atoms. The summed E-state index contributed by atoms with van der Waals surface area (Å²) in [4.78, 5) is 11.9. The van der Waals surface area contributed by atoms with E-state index in [0.29, 0.717) is 12.4 Å². The Labute approximate surface area is 121 Å². The first-order chi connectivity index (χ1) is 9.66. The van der Waals surface area contributed by atoms with E-state index in [1.807, 2.05) is 13.0 Å². The van der Waals surface area contributed by atoms with Crippen LogP contribution in [0.2, 0.25) is 0 Å². The molecule has 0 saturated carbocycles. The van der Waals surface area contributed by atoms with Crippen LogP contribution < -0.4 is 4.74 Å². The second-order valence-electron chi connectivity index (χ2n) is 4.22. The van der Waals surface area contributed by atoms with Crippen molar-refractivity contribution in [3.8, 4) is 5.75 Å². The predicted octanol–water partition coefficient (Wildman–Crippen LogP) is 3.85. The molecule has 5 heteroatoms. The summed E-state index contributed by atoms with van der Waals surface area (Å²) in [6, 6.07) is 8.40. The largest absolute Gasteiger partial charge is 0.494 e. The molecule has 0 saturated heterocycles. The fourth-order valence-electron chi connectivity index (χ4n) is 1.65. The molecule has 0 atom stereocenters. The Morgan fingerprint density at radius 3 is 2.65 bits per heavy atom. The number of rotatable bonds is 7. The van der Waals surface area contributed by atoms with Gasteiger partial charge in [0.15, 0.2) is 0 Å². The summed E-state index contributed by atoms with van der Waals surface area (Å²) in [5, 5.41) is 8.78. The highest BCUT2D eigenvalue weighted by Crippen LogP contribution is 2.23. The minimum atomic E-state index is -0.927. The number of carboxylic acid groups (broad SMARTS) is 1. The van der Waals surface area contributed by atoms with Crippen LogP contribution >= 0.6 is 11.8 Å². The zero-order valence-corrected chi connectivity index (χ0v) is 12.0. The van der Waals surface area contributed by atoms with Crippen LogP contribution in [0.5, 0.6) is 5.75 Å². The maximum Gasteiger partial charge on any atom is 0.335 e. The van der Waals surface area contributed by atoms with Gasteiger partial charge in [-0.25, -0.2) is 4.79 Å². The highest BCUT2D eigenvalue weighted by molar-refractivity contribution is 7.99. The van der Waals surface area contributed by atoms with Crippen LogP contribution in [0.4, 0.5) is 0 Å². The molecular weight excluding hydrogens is 276 g/mol. The molecule has 1 N–H and O–H groups in total. The van der Waals surface area contributed by atoms with E-state index in [1.165, 1.54) is 0 Å². The Morgan fingerprint density at radius 1 is 1.30 bits per heavy atom. The van der Waals surface area contributed by atoms with E-state index < -0.39 is 5.97 Å². The van der Waals surface area contributed by atoms with Crippen LogP contribution in [0, 0.1) is 6.92 Å². The minimum Gasteiger partial charge on any atom is -0.494 e. The molecule has 2 rings (SSSR count). The zero-order chi connectivity index (χ0) is 14.4. The van der Waals surface area contributed by atoms with Crippen molar-refractivity contribution in [3.63, 3.8) is 0 Å². The monoisotopic (exact) mass is 292 g/mol. The summed E-state index contributed by atoms with van der Waals surface area (Å²) in [6.45, 7) is 2.55. The van der Waals surface area contributed by atoms with Crippen molar-refractivity contribution >= 4 is 17.7 Å². The van der Waals surface area contributed by atoms with Crippen LogP contribution in [0.25, 0.3) is 0 Å². The summed E-state index contributed by atoms with van der Waals surface area (Å²) in [7, 11) is 0. The number of thioether (sulfide) groups is 1. The molecule has 0 aliphatic carbocycles. The van der Waals surface area contributed by atoms with E-state index in [0.717, 1.165) is 22.8 Å². The quantitative estimate of drug-likeness (QED) is 0.620. The van der Waals surface area contributed by atoms with Gasteiger partial charge in [0.05, 0.1) is 18.4 Å². The Morgan fingerprint density at radius 2 is 2.05 bits per heavy atom. The molecule has 0 bridgehead atoms. The van der Waals surface area contributed by atoms with Crippen molar-refractivity contribution < 1.29 is 19.1 Å². The van der Waals surface area contributed by atoms with Gasteiger partial charge >= 0.3 is 5.97 Å². The normalized spacial score (nSPS) is 10.4. The van der Waals surface area contributed by atoms with E-state index in [1.54, 1.807) is 42.3 Å². The van der Waals surface area contributed by atoms with Gasteiger partial charge in [0.2, 0.25) is 0 Å². The maximum atomic E-state index is 10.7. The highest BCUT2D eigenvalue weighted by atomic mass is 32.2. The molecule has 1 heterocycles. The molecule has 1 aromatic carbocycles. The molecule has 0 unspecified atom stereocenters. The molecule has 4 nitrogen and oxygen atoms in total. The van der Waals surface area contributed by atoms with Crippen molar-refractivity contribution in [2.45, 2.75) is 18.2 Å². The predicted molar refractivity (Wildman–Crippen MR) is 77.7 cm³/mol. The number of aryl methyl sites for hydroxylation is 1. The maximum absolute atomic E-state index is 10.7. The lowest BCUT2D eigenvalue weighted by Gasteiger charge is -2.06. The lowest BCUT2D eigenvalue weighted by Crippen LogP contribution is -2.00. The molecule has 0 aliphatic rings. The molecule has 0 aliphatic heterocycles.